The number of carbonyl (C=O) groups excluding carboxylic acids is 2. The van der Waals surface area contributed by atoms with Gasteiger partial charge in [-0.05, 0) is 74.2 Å². The van der Waals surface area contributed by atoms with Crippen LogP contribution in [0.3, 0.4) is 0 Å². The molecule has 3 N–H and O–H groups in total. The molecule has 2 amide bonds. The molecule has 0 spiro atoms. The third kappa shape index (κ3) is 8.64. The number of rotatable bonds is 9. The summed E-state index contributed by atoms with van der Waals surface area (Å²) in [5.74, 6) is -0.309. The van der Waals surface area contributed by atoms with Crippen molar-refractivity contribution < 1.29 is 14.3 Å². The number of aryl methyl sites for hydroxylation is 1. The van der Waals surface area contributed by atoms with Crippen molar-refractivity contribution in [2.75, 3.05) is 5.43 Å². The zero-order chi connectivity index (χ0) is 27.0. The van der Waals surface area contributed by atoms with Crippen LogP contribution in [0.4, 0.5) is 4.79 Å². The van der Waals surface area contributed by atoms with E-state index in [1.165, 1.54) is 4.68 Å². The van der Waals surface area contributed by atoms with Crippen LogP contribution in [0.25, 0.3) is 0 Å². The molecule has 0 fully saturated rings. The van der Waals surface area contributed by atoms with Crippen molar-refractivity contribution in [1.29, 1.82) is 0 Å². The lowest BCUT2D eigenvalue weighted by molar-refractivity contribution is -0.120. The van der Waals surface area contributed by atoms with Crippen LogP contribution >= 0.6 is 11.6 Å². The molecule has 2 aromatic heterocycles. The van der Waals surface area contributed by atoms with E-state index in [0.29, 0.717) is 17.1 Å². The van der Waals surface area contributed by atoms with Gasteiger partial charge in [0.25, 0.3) is 5.56 Å². The number of pyridine rings is 2. The number of alkyl carbamates (subject to hydrolysis) is 1. The zero-order valence-corrected chi connectivity index (χ0v) is 22.2. The van der Waals surface area contributed by atoms with Crippen LogP contribution in [0.1, 0.15) is 48.6 Å². The van der Waals surface area contributed by atoms with Crippen LogP contribution in [0.15, 0.2) is 59.8 Å². The summed E-state index contributed by atoms with van der Waals surface area (Å²) in [6.07, 6.45) is 4.43. The standard InChI is InChI=1S/C27H32ClN5O4/c1-18-9-11-33(32-15-19-6-5-10-29-14-19)25(35)23(18)13-24(34)30-17-21-12-22(28)8-7-20(21)16-31-26(36)37-27(2,3)4/h5-12,14,32H,13,15-17H2,1-4H3,(H,30,34)(H,31,36). The molecule has 10 heteroatoms. The quantitative estimate of drug-likeness (QED) is 0.391. The van der Waals surface area contributed by atoms with Gasteiger partial charge in [-0.3, -0.25) is 14.6 Å². The average molecular weight is 526 g/mol. The topological polar surface area (TPSA) is 114 Å². The van der Waals surface area contributed by atoms with E-state index < -0.39 is 11.7 Å². The SMILES string of the molecule is Cc1ccn(NCc2cccnc2)c(=O)c1CC(=O)NCc1cc(Cl)ccc1CNC(=O)OC(C)(C)C. The van der Waals surface area contributed by atoms with Gasteiger partial charge >= 0.3 is 6.09 Å². The lowest BCUT2D eigenvalue weighted by Gasteiger charge is -2.20. The number of carbonyl (C=O) groups is 2. The van der Waals surface area contributed by atoms with Crippen LogP contribution in [0.5, 0.6) is 0 Å². The first-order chi connectivity index (χ1) is 17.5. The van der Waals surface area contributed by atoms with Gasteiger partial charge in [-0.1, -0.05) is 23.7 Å². The number of halogens is 1. The Bertz CT molecular complexity index is 1300. The lowest BCUT2D eigenvalue weighted by Crippen LogP contribution is -2.34. The Balaban J connectivity index is 1.63. The van der Waals surface area contributed by atoms with Gasteiger partial charge in [-0.25, -0.2) is 9.47 Å². The van der Waals surface area contributed by atoms with E-state index in [1.807, 2.05) is 12.1 Å². The second kappa shape index (κ2) is 12.4. The van der Waals surface area contributed by atoms with E-state index in [9.17, 15) is 14.4 Å². The number of hydrogen-bond acceptors (Lipinski definition) is 6. The second-order valence-corrected chi connectivity index (χ2v) is 10.0. The Morgan fingerprint density at radius 2 is 1.81 bits per heavy atom. The normalized spacial score (nSPS) is 11.1. The molecule has 3 rings (SSSR count). The summed E-state index contributed by atoms with van der Waals surface area (Å²) >= 11 is 6.17. The highest BCUT2D eigenvalue weighted by atomic mass is 35.5. The van der Waals surface area contributed by atoms with Gasteiger partial charge in [-0.15, -0.1) is 0 Å². The monoisotopic (exact) mass is 525 g/mol. The van der Waals surface area contributed by atoms with Crippen LogP contribution in [-0.4, -0.2) is 27.3 Å². The maximum Gasteiger partial charge on any atom is 0.407 e. The lowest BCUT2D eigenvalue weighted by atomic mass is 10.1. The van der Waals surface area contributed by atoms with E-state index in [2.05, 4.69) is 21.0 Å². The molecule has 0 saturated heterocycles. The summed E-state index contributed by atoms with van der Waals surface area (Å²) in [5.41, 5.74) is 5.74. The molecule has 37 heavy (non-hydrogen) atoms. The molecule has 2 heterocycles. The summed E-state index contributed by atoms with van der Waals surface area (Å²) in [6.45, 7) is 7.97. The number of aromatic nitrogens is 2. The summed E-state index contributed by atoms with van der Waals surface area (Å²) in [6, 6.07) is 10.8. The Morgan fingerprint density at radius 1 is 1.05 bits per heavy atom. The highest BCUT2D eigenvalue weighted by Crippen LogP contribution is 2.17. The summed E-state index contributed by atoms with van der Waals surface area (Å²) in [7, 11) is 0. The van der Waals surface area contributed by atoms with E-state index in [-0.39, 0.29) is 31.0 Å². The first-order valence-corrected chi connectivity index (χ1v) is 12.2. The van der Waals surface area contributed by atoms with Crippen LogP contribution in [0, 0.1) is 6.92 Å². The fourth-order valence-corrected chi connectivity index (χ4v) is 3.71. The summed E-state index contributed by atoms with van der Waals surface area (Å²) in [4.78, 5) is 41.9. The van der Waals surface area contributed by atoms with Crippen molar-refractivity contribution in [3.8, 4) is 0 Å². The maximum atomic E-state index is 13.0. The molecule has 1 aromatic carbocycles. The van der Waals surface area contributed by atoms with Crippen molar-refractivity contribution in [2.45, 2.75) is 59.4 Å². The predicted molar refractivity (Wildman–Crippen MR) is 143 cm³/mol. The van der Waals surface area contributed by atoms with E-state index in [4.69, 9.17) is 16.3 Å². The van der Waals surface area contributed by atoms with Crippen LogP contribution < -0.4 is 21.6 Å². The fourth-order valence-electron chi connectivity index (χ4n) is 3.52. The van der Waals surface area contributed by atoms with Crippen molar-refractivity contribution in [2.24, 2.45) is 0 Å². The second-order valence-electron chi connectivity index (χ2n) is 9.57. The minimum Gasteiger partial charge on any atom is -0.444 e. The van der Waals surface area contributed by atoms with Gasteiger partial charge in [0.1, 0.15) is 5.60 Å². The van der Waals surface area contributed by atoms with Gasteiger partial charge in [0.05, 0.1) is 13.0 Å². The number of amides is 2. The van der Waals surface area contributed by atoms with Gasteiger partial charge < -0.3 is 20.8 Å². The zero-order valence-electron chi connectivity index (χ0n) is 21.4. The molecule has 0 aliphatic rings. The van der Waals surface area contributed by atoms with Crippen molar-refractivity contribution >= 4 is 23.6 Å². The summed E-state index contributed by atoms with van der Waals surface area (Å²) in [5, 5.41) is 6.08. The molecule has 9 nitrogen and oxygen atoms in total. The largest absolute Gasteiger partial charge is 0.444 e. The van der Waals surface area contributed by atoms with Crippen molar-refractivity contribution in [3.63, 3.8) is 0 Å². The number of hydrogen-bond donors (Lipinski definition) is 3. The Hall–Kier alpha value is -3.85. The molecule has 0 aliphatic carbocycles. The van der Waals surface area contributed by atoms with Gasteiger partial charge in [0.15, 0.2) is 0 Å². The number of nitrogens with one attached hydrogen (secondary N) is 3. The van der Waals surface area contributed by atoms with E-state index in [1.54, 1.807) is 70.6 Å². The Labute approximate surface area is 221 Å². The number of benzene rings is 1. The van der Waals surface area contributed by atoms with Gasteiger partial charge in [0.2, 0.25) is 5.91 Å². The molecule has 0 aliphatic heterocycles. The molecule has 0 unspecified atom stereocenters. The first-order valence-electron chi connectivity index (χ1n) is 11.9. The fraction of sp³-hybridized carbons (Fsp3) is 0.333. The van der Waals surface area contributed by atoms with Crippen molar-refractivity contribution in [3.05, 3.63) is 98.2 Å². The highest BCUT2D eigenvalue weighted by Gasteiger charge is 2.17. The van der Waals surface area contributed by atoms with E-state index in [0.717, 1.165) is 22.3 Å². The van der Waals surface area contributed by atoms with Crippen LogP contribution in [0.2, 0.25) is 5.02 Å². The molecule has 196 valence electrons. The minimum absolute atomic E-state index is 0.0772. The van der Waals surface area contributed by atoms with Gasteiger partial charge in [0, 0.05) is 42.3 Å². The molecular weight excluding hydrogens is 494 g/mol. The smallest absolute Gasteiger partial charge is 0.407 e. The van der Waals surface area contributed by atoms with E-state index >= 15 is 0 Å². The molecule has 3 aromatic rings. The third-order valence-corrected chi connectivity index (χ3v) is 5.64. The number of nitrogens with zero attached hydrogens (tertiary/aromatic N) is 2. The maximum absolute atomic E-state index is 13.0. The Kier molecular flexibility index (Phi) is 9.30. The first kappa shape index (κ1) is 27.7. The Morgan fingerprint density at radius 3 is 2.51 bits per heavy atom. The van der Waals surface area contributed by atoms with Crippen molar-refractivity contribution in [1.82, 2.24) is 20.3 Å². The molecule has 0 radical (unpaired) electrons. The average Bonchev–Trinajstić information content (AvgIpc) is 2.84. The highest BCUT2D eigenvalue weighted by molar-refractivity contribution is 6.30. The summed E-state index contributed by atoms with van der Waals surface area (Å²) < 4.78 is 6.65. The molecule has 0 saturated carbocycles. The van der Waals surface area contributed by atoms with Gasteiger partial charge in [-0.2, -0.15) is 0 Å². The number of ether oxygens (including phenoxy) is 1. The molecule has 0 bridgehead atoms. The predicted octanol–water partition coefficient (Wildman–Crippen LogP) is 3.83. The third-order valence-electron chi connectivity index (χ3n) is 5.41. The molecule has 0 atom stereocenters. The molecular formula is C27H32ClN5O4. The minimum atomic E-state index is -0.608. The van der Waals surface area contributed by atoms with Crippen LogP contribution in [-0.2, 0) is 35.6 Å².